The molecule has 0 saturated heterocycles. The lowest BCUT2D eigenvalue weighted by Crippen LogP contribution is -2.10. The molecule has 0 aliphatic rings. The number of hydrogen-bond donors (Lipinski definition) is 2. The first-order valence-corrected chi connectivity index (χ1v) is 12.0. The average Bonchev–Trinajstić information content (AvgIpc) is 2.90. The molecule has 1 unspecified atom stereocenters. The van der Waals surface area contributed by atoms with Crippen LogP contribution in [0, 0.1) is 0 Å². The highest BCUT2D eigenvalue weighted by molar-refractivity contribution is 5.99. The Balaban J connectivity index is 1.88. The van der Waals surface area contributed by atoms with E-state index in [1.807, 2.05) is 26.0 Å². The summed E-state index contributed by atoms with van der Waals surface area (Å²) in [7, 11) is 4.56. The van der Waals surface area contributed by atoms with E-state index >= 15 is 0 Å². The van der Waals surface area contributed by atoms with Gasteiger partial charge in [0.1, 0.15) is 28.6 Å². The van der Waals surface area contributed by atoms with Crippen LogP contribution in [0.3, 0.4) is 0 Å². The third-order valence-corrected chi connectivity index (χ3v) is 6.62. The molecule has 8 heteroatoms. The Kier molecular flexibility index (Phi) is 6.32. The van der Waals surface area contributed by atoms with Crippen molar-refractivity contribution in [2.24, 2.45) is 0 Å². The summed E-state index contributed by atoms with van der Waals surface area (Å²) in [6, 6.07) is 13.4. The van der Waals surface area contributed by atoms with Gasteiger partial charge in [0.2, 0.25) is 5.43 Å². The van der Waals surface area contributed by atoms with Crippen molar-refractivity contribution in [2.45, 2.75) is 19.8 Å². The molecule has 8 nitrogen and oxygen atoms in total. The molecule has 0 bridgehead atoms. The first kappa shape index (κ1) is 25.0. The van der Waals surface area contributed by atoms with Gasteiger partial charge in [0.05, 0.1) is 43.1 Å². The lowest BCUT2D eigenvalue weighted by molar-refractivity contribution is 0.396. The number of ether oxygens (including phenoxy) is 3. The standard InChI is InChI=1S/C30H27NO7/c1-15(2)11-19(18-12-16-9-10-25(32)38-22(16)14-23(18)36-4)26-24(37-5)13-20-27(30(26)34)29(33)17-7-6-8-21(35-3)28(17)31-20/h6-14,19,34H,1-5H3,(H,31,33). The van der Waals surface area contributed by atoms with E-state index < -0.39 is 11.5 Å². The number of pyridine rings is 1. The van der Waals surface area contributed by atoms with Crippen LogP contribution in [-0.2, 0) is 0 Å². The SMILES string of the molecule is COc1cc2oc(=O)ccc2cc1C(C=C(C)C)c1c(OC)cc2[nH]c3c(OC)cccc3c(=O)c2c1O. The minimum absolute atomic E-state index is 0.138. The van der Waals surface area contributed by atoms with Gasteiger partial charge in [-0.1, -0.05) is 17.7 Å². The van der Waals surface area contributed by atoms with E-state index in [2.05, 4.69) is 4.98 Å². The molecule has 194 valence electrons. The van der Waals surface area contributed by atoms with Gasteiger partial charge in [-0.3, -0.25) is 4.79 Å². The van der Waals surface area contributed by atoms with Gasteiger partial charge >= 0.3 is 5.63 Å². The second kappa shape index (κ2) is 9.63. The van der Waals surface area contributed by atoms with Gasteiger partial charge in [-0.25, -0.2) is 4.79 Å². The molecule has 5 rings (SSSR count). The Hall–Kier alpha value is -4.72. The Labute approximate surface area is 217 Å². The van der Waals surface area contributed by atoms with Crippen LogP contribution < -0.4 is 25.3 Å². The number of phenols is 1. The maximum Gasteiger partial charge on any atom is 0.336 e. The van der Waals surface area contributed by atoms with E-state index in [1.54, 1.807) is 36.4 Å². The third-order valence-electron chi connectivity index (χ3n) is 6.62. The van der Waals surface area contributed by atoms with Crippen molar-refractivity contribution in [3.63, 3.8) is 0 Å². The number of methoxy groups -OCH3 is 3. The molecule has 0 radical (unpaired) electrons. The zero-order valence-electron chi connectivity index (χ0n) is 21.7. The number of rotatable bonds is 6. The van der Waals surface area contributed by atoms with E-state index in [9.17, 15) is 14.7 Å². The monoisotopic (exact) mass is 513 g/mol. The molecular weight excluding hydrogens is 486 g/mol. The first-order valence-electron chi connectivity index (χ1n) is 12.0. The van der Waals surface area contributed by atoms with Gasteiger partial charge < -0.3 is 28.7 Å². The fourth-order valence-corrected chi connectivity index (χ4v) is 4.94. The van der Waals surface area contributed by atoms with Gasteiger partial charge in [0.15, 0.2) is 0 Å². The van der Waals surface area contributed by atoms with E-state index in [0.29, 0.717) is 55.8 Å². The quantitative estimate of drug-likeness (QED) is 0.172. The number of aromatic hydroxyl groups is 1. The molecule has 0 aliphatic heterocycles. The number of H-pyrrole nitrogens is 1. The summed E-state index contributed by atoms with van der Waals surface area (Å²) in [5, 5.41) is 12.9. The molecule has 5 aromatic rings. The smallest absolute Gasteiger partial charge is 0.336 e. The number of hydrogen-bond acceptors (Lipinski definition) is 7. The summed E-state index contributed by atoms with van der Waals surface area (Å²) in [6.07, 6.45) is 1.96. The van der Waals surface area contributed by atoms with Crippen molar-refractivity contribution in [1.29, 1.82) is 0 Å². The number of fused-ring (bicyclic) bond motifs is 3. The number of para-hydroxylation sites is 1. The summed E-state index contributed by atoms with van der Waals surface area (Å²) < 4.78 is 22.2. The van der Waals surface area contributed by atoms with E-state index in [0.717, 1.165) is 5.57 Å². The van der Waals surface area contributed by atoms with Crippen LogP contribution >= 0.6 is 0 Å². The van der Waals surface area contributed by atoms with Crippen molar-refractivity contribution in [1.82, 2.24) is 4.98 Å². The summed E-state index contributed by atoms with van der Waals surface area (Å²) >= 11 is 0. The van der Waals surface area contributed by atoms with Crippen LogP contribution in [0.15, 0.2) is 74.2 Å². The Bertz CT molecular complexity index is 1860. The maximum atomic E-state index is 13.7. The number of benzene rings is 3. The van der Waals surface area contributed by atoms with Crippen LogP contribution in [0.2, 0.25) is 0 Å². The van der Waals surface area contributed by atoms with Crippen molar-refractivity contribution < 1.29 is 23.7 Å². The van der Waals surface area contributed by atoms with Crippen molar-refractivity contribution >= 4 is 32.8 Å². The number of aromatic nitrogens is 1. The van der Waals surface area contributed by atoms with Gasteiger partial charge in [0.25, 0.3) is 0 Å². The van der Waals surface area contributed by atoms with Crippen molar-refractivity contribution in [2.75, 3.05) is 21.3 Å². The normalized spacial score (nSPS) is 12.0. The lowest BCUT2D eigenvalue weighted by atomic mass is 9.86. The second-order valence-corrected chi connectivity index (χ2v) is 9.21. The van der Waals surface area contributed by atoms with Crippen LogP contribution in [0.25, 0.3) is 32.8 Å². The number of aromatic amines is 1. The largest absolute Gasteiger partial charge is 0.507 e. The Morgan fingerprint density at radius 1 is 0.947 bits per heavy atom. The van der Waals surface area contributed by atoms with Gasteiger partial charge in [-0.2, -0.15) is 0 Å². The maximum absolute atomic E-state index is 13.7. The molecular formula is C30H27NO7. The van der Waals surface area contributed by atoms with Crippen LogP contribution in [0.1, 0.15) is 30.9 Å². The number of nitrogens with one attached hydrogen (secondary N) is 1. The van der Waals surface area contributed by atoms with Crippen molar-refractivity contribution in [3.05, 3.63) is 92.0 Å². The number of allylic oxidation sites excluding steroid dienone is 2. The predicted octanol–water partition coefficient (Wildman–Crippen LogP) is 5.62. The van der Waals surface area contributed by atoms with Gasteiger partial charge in [0, 0.05) is 40.6 Å². The average molecular weight is 514 g/mol. The summed E-state index contributed by atoms with van der Waals surface area (Å²) in [6.45, 7) is 3.88. The van der Waals surface area contributed by atoms with Crippen LogP contribution in [0.4, 0.5) is 0 Å². The molecule has 0 aliphatic carbocycles. The van der Waals surface area contributed by atoms with Crippen LogP contribution in [-0.4, -0.2) is 31.4 Å². The van der Waals surface area contributed by atoms with E-state index in [4.69, 9.17) is 18.6 Å². The molecule has 0 fully saturated rings. The van der Waals surface area contributed by atoms with Crippen molar-refractivity contribution in [3.8, 4) is 23.0 Å². The van der Waals surface area contributed by atoms with E-state index in [1.165, 1.54) is 27.4 Å². The highest BCUT2D eigenvalue weighted by Crippen LogP contribution is 2.46. The third kappa shape index (κ3) is 4.04. The molecule has 0 amide bonds. The first-order chi connectivity index (χ1) is 18.3. The summed E-state index contributed by atoms with van der Waals surface area (Å²) in [5.74, 6) is 0.580. The lowest BCUT2D eigenvalue weighted by Gasteiger charge is -2.23. The minimum atomic E-state index is -0.564. The second-order valence-electron chi connectivity index (χ2n) is 9.21. The minimum Gasteiger partial charge on any atom is -0.507 e. The van der Waals surface area contributed by atoms with Gasteiger partial charge in [-0.15, -0.1) is 0 Å². The van der Waals surface area contributed by atoms with Gasteiger partial charge in [-0.05, 0) is 38.1 Å². The molecule has 1 atom stereocenters. The number of phenolic OH excluding ortho intramolecular Hbond substituents is 1. The molecule has 3 aromatic carbocycles. The van der Waals surface area contributed by atoms with Crippen LogP contribution in [0.5, 0.6) is 23.0 Å². The zero-order valence-corrected chi connectivity index (χ0v) is 21.7. The summed E-state index contributed by atoms with van der Waals surface area (Å²) in [4.78, 5) is 28.7. The fourth-order valence-electron chi connectivity index (χ4n) is 4.94. The topological polar surface area (TPSA) is 111 Å². The highest BCUT2D eigenvalue weighted by atomic mass is 16.5. The zero-order chi connectivity index (χ0) is 27.1. The molecule has 38 heavy (non-hydrogen) atoms. The molecule has 2 aromatic heterocycles. The Morgan fingerprint density at radius 2 is 1.68 bits per heavy atom. The molecule has 2 heterocycles. The highest BCUT2D eigenvalue weighted by Gasteiger charge is 2.28. The van der Waals surface area contributed by atoms with E-state index in [-0.39, 0.29) is 16.6 Å². The fraction of sp³-hybridized carbons (Fsp3) is 0.200. The summed E-state index contributed by atoms with van der Waals surface area (Å²) in [5.41, 5.74) is 2.58. The Morgan fingerprint density at radius 3 is 2.37 bits per heavy atom. The molecule has 0 saturated carbocycles. The molecule has 2 N–H and O–H groups in total. The molecule has 0 spiro atoms. The predicted molar refractivity (Wildman–Crippen MR) is 147 cm³/mol.